The SMILES string of the molecule is Oc1ccc(/C=N\Nc2ccccc2)c(O)c1. The Hall–Kier alpha value is -2.49. The molecule has 0 fully saturated rings. The van der Waals surface area contributed by atoms with Gasteiger partial charge in [0.05, 0.1) is 11.9 Å². The summed E-state index contributed by atoms with van der Waals surface area (Å²) >= 11 is 0. The van der Waals surface area contributed by atoms with E-state index in [1.54, 1.807) is 6.07 Å². The van der Waals surface area contributed by atoms with Gasteiger partial charge in [0.1, 0.15) is 11.5 Å². The van der Waals surface area contributed by atoms with E-state index in [4.69, 9.17) is 5.11 Å². The molecule has 0 spiro atoms. The van der Waals surface area contributed by atoms with Gasteiger partial charge >= 0.3 is 0 Å². The van der Waals surface area contributed by atoms with Gasteiger partial charge in [0.2, 0.25) is 0 Å². The van der Waals surface area contributed by atoms with Crippen LogP contribution in [0.2, 0.25) is 0 Å². The van der Waals surface area contributed by atoms with Crippen LogP contribution in [-0.2, 0) is 0 Å². The molecule has 2 aromatic rings. The quantitative estimate of drug-likeness (QED) is 0.558. The van der Waals surface area contributed by atoms with Crippen molar-refractivity contribution in [2.45, 2.75) is 0 Å². The van der Waals surface area contributed by atoms with Gasteiger partial charge in [-0.25, -0.2) is 0 Å². The fourth-order valence-electron chi connectivity index (χ4n) is 1.33. The highest BCUT2D eigenvalue weighted by Gasteiger charge is 1.98. The molecule has 0 bridgehead atoms. The smallest absolute Gasteiger partial charge is 0.128 e. The first kappa shape index (κ1) is 11.0. The van der Waals surface area contributed by atoms with Crippen LogP contribution in [0.3, 0.4) is 0 Å². The first-order valence-electron chi connectivity index (χ1n) is 5.12. The van der Waals surface area contributed by atoms with Crippen LogP contribution in [0.25, 0.3) is 0 Å². The topological polar surface area (TPSA) is 64.9 Å². The molecular formula is C13H12N2O2. The van der Waals surface area contributed by atoms with Crippen LogP contribution in [0.1, 0.15) is 5.56 Å². The number of nitrogens with one attached hydrogen (secondary N) is 1. The Morgan fingerprint density at radius 2 is 1.76 bits per heavy atom. The van der Waals surface area contributed by atoms with E-state index in [2.05, 4.69) is 10.5 Å². The number of phenols is 2. The number of nitrogens with zero attached hydrogens (tertiary/aromatic N) is 1. The third-order valence-electron chi connectivity index (χ3n) is 2.19. The van der Waals surface area contributed by atoms with Gasteiger partial charge in [-0.2, -0.15) is 5.10 Å². The molecule has 0 heterocycles. The number of hydrogen-bond donors (Lipinski definition) is 3. The highest BCUT2D eigenvalue weighted by atomic mass is 16.3. The lowest BCUT2D eigenvalue weighted by Crippen LogP contribution is -1.90. The minimum atomic E-state index is -0.0105. The van der Waals surface area contributed by atoms with Crippen LogP contribution in [0.4, 0.5) is 5.69 Å². The van der Waals surface area contributed by atoms with Crippen molar-refractivity contribution in [2.24, 2.45) is 5.10 Å². The van der Waals surface area contributed by atoms with Crippen molar-refractivity contribution >= 4 is 11.9 Å². The lowest BCUT2D eigenvalue weighted by molar-refractivity contribution is 0.450. The van der Waals surface area contributed by atoms with Crippen LogP contribution >= 0.6 is 0 Å². The number of phenolic OH excluding ortho intramolecular Hbond substituents is 2. The summed E-state index contributed by atoms with van der Waals surface area (Å²) in [6.07, 6.45) is 1.49. The Bertz CT molecular complexity index is 524. The molecule has 0 amide bonds. The van der Waals surface area contributed by atoms with Crippen molar-refractivity contribution in [1.82, 2.24) is 0 Å². The van der Waals surface area contributed by atoms with E-state index in [9.17, 15) is 5.11 Å². The molecule has 0 aliphatic carbocycles. The standard InChI is InChI=1S/C13H12N2O2/c16-12-7-6-10(13(17)8-12)9-14-15-11-4-2-1-3-5-11/h1-9,15-17H/b14-9-. The zero-order valence-electron chi connectivity index (χ0n) is 9.04. The first-order chi connectivity index (χ1) is 8.25. The minimum absolute atomic E-state index is 0.0105. The number of rotatable bonds is 3. The third kappa shape index (κ3) is 2.98. The lowest BCUT2D eigenvalue weighted by Gasteiger charge is -2.00. The van der Waals surface area contributed by atoms with Crippen molar-refractivity contribution in [2.75, 3.05) is 5.43 Å². The monoisotopic (exact) mass is 228 g/mol. The van der Waals surface area contributed by atoms with Gasteiger partial charge in [-0.1, -0.05) is 18.2 Å². The average Bonchev–Trinajstić information content (AvgIpc) is 2.33. The summed E-state index contributed by atoms with van der Waals surface area (Å²) in [5.41, 5.74) is 4.23. The molecule has 0 unspecified atom stereocenters. The molecule has 2 rings (SSSR count). The third-order valence-corrected chi connectivity index (χ3v) is 2.19. The maximum absolute atomic E-state index is 9.51. The molecule has 4 heteroatoms. The molecule has 2 aromatic carbocycles. The molecule has 0 aliphatic rings. The van der Waals surface area contributed by atoms with Crippen molar-refractivity contribution in [3.05, 3.63) is 54.1 Å². The van der Waals surface area contributed by atoms with Crippen molar-refractivity contribution in [3.63, 3.8) is 0 Å². The number of aromatic hydroxyl groups is 2. The van der Waals surface area contributed by atoms with E-state index >= 15 is 0 Å². The van der Waals surface area contributed by atoms with Crippen molar-refractivity contribution in [1.29, 1.82) is 0 Å². The zero-order chi connectivity index (χ0) is 12.1. The summed E-state index contributed by atoms with van der Waals surface area (Å²) < 4.78 is 0. The molecule has 4 nitrogen and oxygen atoms in total. The van der Waals surface area contributed by atoms with E-state index in [1.807, 2.05) is 30.3 Å². The zero-order valence-corrected chi connectivity index (χ0v) is 9.04. The van der Waals surface area contributed by atoms with Gasteiger partial charge in [0.15, 0.2) is 0 Å². The molecule has 17 heavy (non-hydrogen) atoms. The second-order valence-electron chi connectivity index (χ2n) is 3.48. The predicted molar refractivity (Wildman–Crippen MR) is 67.4 cm³/mol. The molecule has 0 saturated carbocycles. The average molecular weight is 228 g/mol. The Labute approximate surface area is 98.9 Å². The number of para-hydroxylation sites is 1. The summed E-state index contributed by atoms with van der Waals surface area (Å²) in [5.74, 6) is 0.0132. The number of benzene rings is 2. The van der Waals surface area contributed by atoms with Crippen molar-refractivity contribution < 1.29 is 10.2 Å². The Morgan fingerprint density at radius 1 is 1.00 bits per heavy atom. The lowest BCUT2D eigenvalue weighted by atomic mass is 10.2. The Kier molecular flexibility index (Phi) is 3.25. The van der Waals surface area contributed by atoms with Crippen LogP contribution in [-0.4, -0.2) is 16.4 Å². The van der Waals surface area contributed by atoms with Crippen LogP contribution in [0.5, 0.6) is 11.5 Å². The van der Waals surface area contributed by atoms with E-state index in [-0.39, 0.29) is 11.5 Å². The van der Waals surface area contributed by atoms with Crippen molar-refractivity contribution in [3.8, 4) is 11.5 Å². The second-order valence-corrected chi connectivity index (χ2v) is 3.48. The number of hydrogen-bond acceptors (Lipinski definition) is 4. The Balaban J connectivity index is 2.06. The van der Waals surface area contributed by atoms with Crippen LogP contribution in [0.15, 0.2) is 53.6 Å². The molecule has 0 aromatic heterocycles. The molecule has 0 atom stereocenters. The van der Waals surface area contributed by atoms with Gasteiger partial charge in [0, 0.05) is 11.6 Å². The van der Waals surface area contributed by atoms with Crippen LogP contribution in [0, 0.1) is 0 Å². The first-order valence-corrected chi connectivity index (χ1v) is 5.12. The fourth-order valence-corrected chi connectivity index (χ4v) is 1.33. The van der Waals surface area contributed by atoms with E-state index < -0.39 is 0 Å². The van der Waals surface area contributed by atoms with Crippen LogP contribution < -0.4 is 5.43 Å². The molecule has 3 N–H and O–H groups in total. The second kappa shape index (κ2) is 5.03. The molecule has 0 aliphatic heterocycles. The summed E-state index contributed by atoms with van der Waals surface area (Å²) in [6.45, 7) is 0. The van der Waals surface area contributed by atoms with Gasteiger partial charge in [-0.3, -0.25) is 5.43 Å². The maximum atomic E-state index is 9.51. The van der Waals surface area contributed by atoms with E-state index in [0.717, 1.165) is 5.69 Å². The van der Waals surface area contributed by atoms with E-state index in [0.29, 0.717) is 5.56 Å². The number of hydrazone groups is 1. The molecule has 86 valence electrons. The summed E-state index contributed by atoms with van der Waals surface area (Å²) in [6, 6.07) is 13.8. The number of anilines is 1. The van der Waals surface area contributed by atoms with Gasteiger partial charge in [-0.15, -0.1) is 0 Å². The highest BCUT2D eigenvalue weighted by molar-refractivity contribution is 5.84. The normalized spacial score (nSPS) is 10.6. The molecular weight excluding hydrogens is 216 g/mol. The summed E-state index contributed by atoms with van der Waals surface area (Å²) in [5, 5.41) is 22.6. The summed E-state index contributed by atoms with van der Waals surface area (Å²) in [7, 11) is 0. The fraction of sp³-hybridized carbons (Fsp3) is 0. The van der Waals surface area contributed by atoms with E-state index in [1.165, 1.54) is 18.3 Å². The van der Waals surface area contributed by atoms with Gasteiger partial charge in [-0.05, 0) is 24.3 Å². The largest absolute Gasteiger partial charge is 0.508 e. The van der Waals surface area contributed by atoms with Gasteiger partial charge < -0.3 is 10.2 Å². The predicted octanol–water partition coefficient (Wildman–Crippen LogP) is 2.54. The molecule has 0 radical (unpaired) electrons. The molecule has 0 saturated heterocycles. The van der Waals surface area contributed by atoms with Gasteiger partial charge in [0.25, 0.3) is 0 Å². The minimum Gasteiger partial charge on any atom is -0.508 e. The maximum Gasteiger partial charge on any atom is 0.128 e. The Morgan fingerprint density at radius 3 is 2.47 bits per heavy atom. The highest BCUT2D eigenvalue weighted by Crippen LogP contribution is 2.20. The summed E-state index contributed by atoms with van der Waals surface area (Å²) in [4.78, 5) is 0.